The van der Waals surface area contributed by atoms with Crippen LogP contribution < -0.4 is 5.32 Å². The number of nitro benzene ring substituents is 1. The molecule has 0 saturated heterocycles. The number of ether oxygens (including phenoxy) is 1. The van der Waals surface area contributed by atoms with Crippen molar-refractivity contribution < 1.29 is 28.4 Å². The molecular formula is C17H16FN3O6. The Bertz CT molecular complexity index is 950. The summed E-state index contributed by atoms with van der Waals surface area (Å²) in [6.45, 7) is 3.91. The van der Waals surface area contributed by atoms with Crippen molar-refractivity contribution in [3.8, 4) is 0 Å². The van der Waals surface area contributed by atoms with E-state index in [4.69, 9.17) is 4.74 Å². The quantitative estimate of drug-likeness (QED) is 0.344. The van der Waals surface area contributed by atoms with Gasteiger partial charge in [0.05, 0.1) is 4.92 Å². The van der Waals surface area contributed by atoms with E-state index in [9.17, 15) is 28.9 Å². The number of benzene rings is 1. The molecule has 0 spiro atoms. The number of aromatic nitrogens is 1. The van der Waals surface area contributed by atoms with Crippen LogP contribution in [0.3, 0.4) is 0 Å². The first-order chi connectivity index (χ1) is 12.6. The van der Waals surface area contributed by atoms with Gasteiger partial charge in [0.25, 0.3) is 5.91 Å². The van der Waals surface area contributed by atoms with E-state index in [2.05, 4.69) is 10.3 Å². The van der Waals surface area contributed by atoms with Crippen molar-refractivity contribution in [1.29, 1.82) is 0 Å². The van der Waals surface area contributed by atoms with Crippen LogP contribution in [0, 0.1) is 29.8 Å². The molecule has 0 unspecified atom stereocenters. The molecule has 0 saturated carbocycles. The van der Waals surface area contributed by atoms with E-state index in [0.29, 0.717) is 16.8 Å². The number of ketones is 1. The van der Waals surface area contributed by atoms with E-state index < -0.39 is 34.9 Å². The molecule has 0 fully saturated rings. The number of hydrogen-bond donors (Lipinski definition) is 2. The molecular weight excluding hydrogens is 361 g/mol. The van der Waals surface area contributed by atoms with Crippen molar-refractivity contribution in [2.45, 2.75) is 20.8 Å². The summed E-state index contributed by atoms with van der Waals surface area (Å²) in [7, 11) is 0. The number of aromatic amines is 1. The zero-order chi connectivity index (χ0) is 20.3. The number of nitrogens with zero attached hydrogens (tertiary/aromatic N) is 1. The number of nitro groups is 1. The summed E-state index contributed by atoms with van der Waals surface area (Å²) in [6.07, 6.45) is 0. The molecule has 0 aliphatic carbocycles. The topological polar surface area (TPSA) is 131 Å². The molecule has 1 aromatic carbocycles. The monoisotopic (exact) mass is 377 g/mol. The van der Waals surface area contributed by atoms with Gasteiger partial charge in [-0.15, -0.1) is 0 Å². The Balaban J connectivity index is 2.03. The van der Waals surface area contributed by atoms with Gasteiger partial charge in [-0.1, -0.05) is 0 Å². The third-order valence-electron chi connectivity index (χ3n) is 3.75. The highest BCUT2D eigenvalue weighted by Crippen LogP contribution is 2.22. The Labute approximate surface area is 152 Å². The van der Waals surface area contributed by atoms with Gasteiger partial charge in [0.2, 0.25) is 5.82 Å². The predicted molar refractivity (Wildman–Crippen MR) is 92.2 cm³/mol. The van der Waals surface area contributed by atoms with Crippen LogP contribution in [0.1, 0.15) is 39.0 Å². The molecule has 1 heterocycles. The van der Waals surface area contributed by atoms with Gasteiger partial charge in [0, 0.05) is 23.0 Å². The van der Waals surface area contributed by atoms with Crippen LogP contribution in [0.4, 0.5) is 15.8 Å². The van der Waals surface area contributed by atoms with E-state index >= 15 is 0 Å². The van der Waals surface area contributed by atoms with Crippen LogP contribution >= 0.6 is 0 Å². The van der Waals surface area contributed by atoms with Gasteiger partial charge < -0.3 is 15.0 Å². The van der Waals surface area contributed by atoms with Crippen LogP contribution in [-0.4, -0.2) is 34.2 Å². The minimum Gasteiger partial charge on any atom is -0.451 e. The summed E-state index contributed by atoms with van der Waals surface area (Å²) >= 11 is 0. The maximum absolute atomic E-state index is 13.3. The molecule has 1 amide bonds. The van der Waals surface area contributed by atoms with Gasteiger partial charge in [0.1, 0.15) is 5.69 Å². The number of rotatable bonds is 6. The number of anilines is 1. The first kappa shape index (κ1) is 19.8. The normalized spacial score (nSPS) is 10.4. The maximum Gasteiger partial charge on any atom is 0.355 e. The summed E-state index contributed by atoms with van der Waals surface area (Å²) in [5.74, 6) is -2.85. The van der Waals surface area contributed by atoms with Crippen LogP contribution in [-0.2, 0) is 9.53 Å². The van der Waals surface area contributed by atoms with Gasteiger partial charge in [-0.25, -0.2) is 4.79 Å². The SMILES string of the molecule is CC(=O)c1c(C)[nH]c(C(=O)OCC(=O)Nc2ccc(F)c([N+](=O)[O-])c2)c1C. The van der Waals surface area contributed by atoms with Crippen LogP contribution in [0.5, 0.6) is 0 Å². The average Bonchev–Trinajstić information content (AvgIpc) is 2.88. The lowest BCUT2D eigenvalue weighted by Crippen LogP contribution is -2.21. The third kappa shape index (κ3) is 4.35. The van der Waals surface area contributed by atoms with E-state index in [-0.39, 0.29) is 17.2 Å². The molecule has 0 radical (unpaired) electrons. The van der Waals surface area contributed by atoms with Crippen molar-refractivity contribution in [2.75, 3.05) is 11.9 Å². The molecule has 10 heteroatoms. The fourth-order valence-electron chi connectivity index (χ4n) is 2.61. The zero-order valence-electron chi connectivity index (χ0n) is 14.7. The molecule has 1 aromatic heterocycles. The van der Waals surface area contributed by atoms with E-state index in [1.807, 2.05) is 0 Å². The molecule has 0 aliphatic rings. The number of halogens is 1. The minimum atomic E-state index is -1.04. The Hall–Kier alpha value is -3.56. The number of H-pyrrole nitrogens is 1. The second kappa shape index (κ2) is 7.77. The molecule has 0 aliphatic heterocycles. The van der Waals surface area contributed by atoms with E-state index in [0.717, 1.165) is 18.2 Å². The summed E-state index contributed by atoms with van der Waals surface area (Å²) in [4.78, 5) is 48.1. The lowest BCUT2D eigenvalue weighted by molar-refractivity contribution is -0.387. The average molecular weight is 377 g/mol. The summed E-state index contributed by atoms with van der Waals surface area (Å²) in [6, 6.07) is 2.83. The Kier molecular flexibility index (Phi) is 5.69. The molecule has 0 atom stereocenters. The summed E-state index contributed by atoms with van der Waals surface area (Å²) in [5.41, 5.74) is 0.552. The minimum absolute atomic E-state index is 0.0186. The number of aryl methyl sites for hydroxylation is 1. The second-order valence-corrected chi connectivity index (χ2v) is 5.73. The van der Waals surface area contributed by atoms with Gasteiger partial charge in [-0.3, -0.25) is 19.7 Å². The van der Waals surface area contributed by atoms with Crippen LogP contribution in [0.2, 0.25) is 0 Å². The zero-order valence-corrected chi connectivity index (χ0v) is 14.7. The molecule has 2 rings (SSSR count). The molecule has 142 valence electrons. The highest BCUT2D eigenvalue weighted by atomic mass is 19.1. The molecule has 2 aromatic rings. The second-order valence-electron chi connectivity index (χ2n) is 5.73. The van der Waals surface area contributed by atoms with Crippen molar-refractivity contribution in [3.63, 3.8) is 0 Å². The van der Waals surface area contributed by atoms with Crippen LogP contribution in [0.25, 0.3) is 0 Å². The molecule has 0 bridgehead atoms. The smallest absolute Gasteiger partial charge is 0.355 e. The predicted octanol–water partition coefficient (Wildman–Crippen LogP) is 2.68. The van der Waals surface area contributed by atoms with Gasteiger partial charge in [0.15, 0.2) is 12.4 Å². The van der Waals surface area contributed by atoms with Crippen LogP contribution in [0.15, 0.2) is 18.2 Å². The number of esters is 1. The largest absolute Gasteiger partial charge is 0.451 e. The number of nitrogens with one attached hydrogen (secondary N) is 2. The highest BCUT2D eigenvalue weighted by Gasteiger charge is 2.22. The Morgan fingerprint density at radius 3 is 2.52 bits per heavy atom. The number of amides is 1. The highest BCUT2D eigenvalue weighted by molar-refractivity contribution is 6.01. The molecule has 27 heavy (non-hydrogen) atoms. The first-order valence-corrected chi connectivity index (χ1v) is 7.72. The van der Waals surface area contributed by atoms with E-state index in [1.54, 1.807) is 13.8 Å². The standard InChI is InChI=1S/C17H16FN3O6/c1-8-15(10(3)22)9(2)19-16(8)17(24)27-7-14(23)20-11-4-5-12(18)13(6-11)21(25)26/h4-6,19H,7H2,1-3H3,(H,20,23). The van der Waals surface area contributed by atoms with Crippen molar-refractivity contribution in [3.05, 3.63) is 56.6 Å². The Morgan fingerprint density at radius 1 is 1.30 bits per heavy atom. The lowest BCUT2D eigenvalue weighted by Gasteiger charge is -2.07. The molecule has 2 N–H and O–H groups in total. The van der Waals surface area contributed by atoms with E-state index in [1.165, 1.54) is 6.92 Å². The fraction of sp³-hybridized carbons (Fsp3) is 0.235. The maximum atomic E-state index is 13.3. The summed E-state index contributed by atoms with van der Waals surface area (Å²) in [5, 5.41) is 13.0. The summed E-state index contributed by atoms with van der Waals surface area (Å²) < 4.78 is 18.2. The number of carbonyl (C=O) groups is 3. The number of carbonyl (C=O) groups excluding carboxylic acids is 3. The number of Topliss-reactive ketones (excluding diaryl/α,β-unsaturated/α-hetero) is 1. The third-order valence-corrected chi connectivity index (χ3v) is 3.75. The number of hydrogen-bond acceptors (Lipinski definition) is 6. The van der Waals surface area contributed by atoms with Gasteiger partial charge >= 0.3 is 11.7 Å². The fourth-order valence-corrected chi connectivity index (χ4v) is 2.61. The molecule has 9 nitrogen and oxygen atoms in total. The van der Waals surface area contributed by atoms with Gasteiger partial charge in [-0.05, 0) is 38.5 Å². The lowest BCUT2D eigenvalue weighted by atomic mass is 10.1. The van der Waals surface area contributed by atoms with Crippen molar-refractivity contribution in [1.82, 2.24) is 4.98 Å². The van der Waals surface area contributed by atoms with Crippen molar-refractivity contribution in [2.24, 2.45) is 0 Å². The van der Waals surface area contributed by atoms with Crippen molar-refractivity contribution >= 4 is 29.0 Å². The van der Waals surface area contributed by atoms with Gasteiger partial charge in [-0.2, -0.15) is 4.39 Å². The Morgan fingerprint density at radius 2 is 1.96 bits per heavy atom. The first-order valence-electron chi connectivity index (χ1n) is 7.72.